The van der Waals surface area contributed by atoms with E-state index in [1.807, 2.05) is 49.4 Å². The van der Waals surface area contributed by atoms with Gasteiger partial charge in [0.2, 0.25) is 6.79 Å². The SMILES string of the molecule is Cc1ccc(-n2[nH]c3c(cnc4ccc(C(=O)NCc5ccc6c(c5)OCO6)cc43)c2=O)cc1. The third kappa shape index (κ3) is 3.36. The van der Waals surface area contributed by atoms with Crippen molar-refractivity contribution < 1.29 is 14.3 Å². The first-order valence-electron chi connectivity index (χ1n) is 10.8. The van der Waals surface area contributed by atoms with E-state index in [-0.39, 0.29) is 18.3 Å². The molecule has 0 atom stereocenters. The van der Waals surface area contributed by atoms with Crippen molar-refractivity contribution >= 4 is 27.7 Å². The van der Waals surface area contributed by atoms with Gasteiger partial charge < -0.3 is 14.8 Å². The first-order valence-corrected chi connectivity index (χ1v) is 10.8. The van der Waals surface area contributed by atoms with Crippen LogP contribution in [0.15, 0.2) is 71.7 Å². The molecule has 3 aromatic carbocycles. The fraction of sp³-hybridized carbons (Fsp3) is 0.115. The smallest absolute Gasteiger partial charge is 0.280 e. The van der Waals surface area contributed by atoms with Crippen molar-refractivity contribution in [2.45, 2.75) is 13.5 Å². The molecule has 0 unspecified atom stereocenters. The lowest BCUT2D eigenvalue weighted by atomic mass is 10.1. The molecule has 0 saturated carbocycles. The van der Waals surface area contributed by atoms with E-state index in [0.717, 1.165) is 16.8 Å². The fourth-order valence-electron chi connectivity index (χ4n) is 4.11. The summed E-state index contributed by atoms with van der Waals surface area (Å²) in [4.78, 5) is 30.3. The summed E-state index contributed by atoms with van der Waals surface area (Å²) in [5.41, 5.74) is 4.37. The number of nitrogens with zero attached hydrogens (tertiary/aromatic N) is 2. The number of benzene rings is 3. The number of aryl methyl sites for hydroxylation is 1. The molecule has 2 N–H and O–H groups in total. The molecule has 6 rings (SSSR count). The van der Waals surface area contributed by atoms with Crippen LogP contribution in [0.1, 0.15) is 21.5 Å². The first-order chi connectivity index (χ1) is 16.6. The lowest BCUT2D eigenvalue weighted by Crippen LogP contribution is -2.22. The molecule has 1 amide bonds. The van der Waals surface area contributed by atoms with Gasteiger partial charge in [0.05, 0.1) is 22.1 Å². The summed E-state index contributed by atoms with van der Waals surface area (Å²) in [6.45, 7) is 2.55. The molecule has 0 radical (unpaired) electrons. The molecule has 2 aromatic heterocycles. The van der Waals surface area contributed by atoms with Crippen LogP contribution >= 0.6 is 0 Å². The number of aromatic nitrogens is 3. The highest BCUT2D eigenvalue weighted by molar-refractivity contribution is 6.06. The van der Waals surface area contributed by atoms with E-state index < -0.39 is 0 Å². The van der Waals surface area contributed by atoms with Crippen LogP contribution in [0.2, 0.25) is 0 Å². The third-order valence-electron chi connectivity index (χ3n) is 5.97. The van der Waals surface area contributed by atoms with E-state index >= 15 is 0 Å². The lowest BCUT2D eigenvalue weighted by Gasteiger charge is -2.07. The average molecular weight is 452 g/mol. The summed E-state index contributed by atoms with van der Waals surface area (Å²) < 4.78 is 12.2. The van der Waals surface area contributed by atoms with Crippen molar-refractivity contribution in [3.8, 4) is 17.2 Å². The van der Waals surface area contributed by atoms with Gasteiger partial charge in [0.15, 0.2) is 11.5 Å². The summed E-state index contributed by atoms with van der Waals surface area (Å²) in [6, 6.07) is 18.5. The average Bonchev–Trinajstić information content (AvgIpc) is 3.47. The zero-order valence-corrected chi connectivity index (χ0v) is 18.3. The van der Waals surface area contributed by atoms with E-state index in [0.29, 0.717) is 45.4 Å². The van der Waals surface area contributed by atoms with E-state index in [1.54, 1.807) is 24.4 Å². The molecule has 3 heterocycles. The van der Waals surface area contributed by atoms with Crippen molar-refractivity contribution in [2.24, 2.45) is 0 Å². The summed E-state index contributed by atoms with van der Waals surface area (Å²) in [6.07, 6.45) is 1.57. The van der Waals surface area contributed by atoms with Crippen LogP contribution in [0.3, 0.4) is 0 Å². The van der Waals surface area contributed by atoms with Gasteiger partial charge in [0, 0.05) is 23.7 Å². The molecule has 8 heteroatoms. The summed E-state index contributed by atoms with van der Waals surface area (Å²) in [5.74, 6) is 1.15. The number of hydrogen-bond acceptors (Lipinski definition) is 5. The minimum absolute atomic E-state index is 0.189. The number of hydrogen-bond donors (Lipinski definition) is 2. The standard InChI is InChI=1S/C26H20N4O4/c1-15-2-6-18(7-3-15)30-26(32)20-13-27-21-8-5-17(11-19(21)24(20)29-30)25(31)28-12-16-4-9-22-23(10-16)34-14-33-22/h2-11,13,29H,12,14H2,1H3,(H,28,31). The highest BCUT2D eigenvalue weighted by atomic mass is 16.7. The van der Waals surface area contributed by atoms with Gasteiger partial charge in [-0.1, -0.05) is 23.8 Å². The van der Waals surface area contributed by atoms with Gasteiger partial charge in [0.1, 0.15) is 0 Å². The van der Waals surface area contributed by atoms with Crippen molar-refractivity contribution in [3.63, 3.8) is 0 Å². The molecule has 1 aliphatic rings. The van der Waals surface area contributed by atoms with Gasteiger partial charge in [-0.25, -0.2) is 4.68 Å². The number of pyridine rings is 1. The number of fused-ring (bicyclic) bond motifs is 4. The minimum Gasteiger partial charge on any atom is -0.454 e. The molecule has 0 spiro atoms. The second-order valence-corrected chi connectivity index (χ2v) is 8.24. The molecular weight excluding hydrogens is 432 g/mol. The van der Waals surface area contributed by atoms with Crippen LogP contribution < -0.4 is 20.3 Å². The van der Waals surface area contributed by atoms with Crippen molar-refractivity contribution in [1.82, 2.24) is 20.1 Å². The maximum absolute atomic E-state index is 13.0. The molecule has 0 fully saturated rings. The largest absolute Gasteiger partial charge is 0.454 e. The Morgan fingerprint density at radius 1 is 1.03 bits per heavy atom. The zero-order valence-electron chi connectivity index (χ0n) is 18.3. The Labute approximate surface area is 193 Å². The molecule has 34 heavy (non-hydrogen) atoms. The topological polar surface area (TPSA) is 98.2 Å². The molecule has 5 aromatic rings. The number of nitrogens with one attached hydrogen (secondary N) is 2. The van der Waals surface area contributed by atoms with Crippen LogP contribution in [-0.2, 0) is 6.54 Å². The zero-order chi connectivity index (χ0) is 23.2. The maximum Gasteiger partial charge on any atom is 0.280 e. The van der Waals surface area contributed by atoms with Crippen molar-refractivity contribution in [1.29, 1.82) is 0 Å². The Balaban J connectivity index is 1.33. The number of rotatable bonds is 4. The molecule has 0 aliphatic carbocycles. The predicted molar refractivity (Wildman–Crippen MR) is 128 cm³/mol. The van der Waals surface area contributed by atoms with E-state index in [4.69, 9.17) is 9.47 Å². The van der Waals surface area contributed by atoms with Crippen LogP contribution in [-0.4, -0.2) is 27.5 Å². The summed E-state index contributed by atoms with van der Waals surface area (Å²) in [5, 5.41) is 7.30. The number of carbonyl (C=O) groups excluding carboxylic acids is 1. The highest BCUT2D eigenvalue weighted by Gasteiger charge is 2.16. The van der Waals surface area contributed by atoms with Gasteiger partial charge in [-0.15, -0.1) is 0 Å². The second kappa shape index (κ2) is 7.77. The number of H-pyrrole nitrogens is 1. The third-order valence-corrected chi connectivity index (χ3v) is 5.97. The molecule has 0 bridgehead atoms. The highest BCUT2D eigenvalue weighted by Crippen LogP contribution is 2.32. The Kier molecular flexibility index (Phi) is 4.58. The molecule has 168 valence electrons. The Bertz CT molecular complexity index is 1630. The molecule has 1 aliphatic heterocycles. The predicted octanol–water partition coefficient (Wildman–Crippen LogP) is 3.83. The molecule has 0 saturated heterocycles. The van der Waals surface area contributed by atoms with Gasteiger partial charge in [-0.05, 0) is 55.0 Å². The number of aromatic amines is 1. The van der Waals surface area contributed by atoms with E-state index in [1.165, 1.54) is 4.68 Å². The summed E-state index contributed by atoms with van der Waals surface area (Å²) in [7, 11) is 0. The van der Waals surface area contributed by atoms with Gasteiger partial charge >= 0.3 is 0 Å². The molecular formula is C26H20N4O4. The van der Waals surface area contributed by atoms with E-state index in [2.05, 4.69) is 15.4 Å². The van der Waals surface area contributed by atoms with Crippen LogP contribution in [0, 0.1) is 6.92 Å². The van der Waals surface area contributed by atoms with Gasteiger partial charge in [-0.3, -0.25) is 19.7 Å². The maximum atomic E-state index is 13.0. The van der Waals surface area contributed by atoms with Crippen LogP contribution in [0.5, 0.6) is 11.5 Å². The first kappa shape index (κ1) is 20.0. The Morgan fingerprint density at radius 2 is 1.85 bits per heavy atom. The lowest BCUT2D eigenvalue weighted by molar-refractivity contribution is 0.0951. The number of amides is 1. The van der Waals surface area contributed by atoms with E-state index in [9.17, 15) is 9.59 Å². The van der Waals surface area contributed by atoms with Crippen molar-refractivity contribution in [3.05, 3.63) is 93.9 Å². The van der Waals surface area contributed by atoms with Crippen LogP contribution in [0.25, 0.3) is 27.5 Å². The fourth-order valence-corrected chi connectivity index (χ4v) is 4.11. The monoisotopic (exact) mass is 452 g/mol. The minimum atomic E-state index is -0.225. The number of ether oxygens (including phenoxy) is 2. The van der Waals surface area contributed by atoms with Crippen LogP contribution in [0.4, 0.5) is 0 Å². The quantitative estimate of drug-likeness (QED) is 0.432. The normalized spacial score (nSPS) is 12.4. The Morgan fingerprint density at radius 3 is 2.71 bits per heavy atom. The van der Waals surface area contributed by atoms with Crippen molar-refractivity contribution in [2.75, 3.05) is 6.79 Å². The summed E-state index contributed by atoms with van der Waals surface area (Å²) >= 11 is 0. The van der Waals surface area contributed by atoms with Gasteiger partial charge in [-0.2, -0.15) is 0 Å². The Hall–Kier alpha value is -4.59. The number of carbonyl (C=O) groups is 1. The second-order valence-electron chi connectivity index (χ2n) is 8.24. The molecule has 8 nitrogen and oxygen atoms in total. The van der Waals surface area contributed by atoms with Gasteiger partial charge in [0.25, 0.3) is 11.5 Å².